The Morgan fingerprint density at radius 1 is 1.38 bits per heavy atom. The highest BCUT2D eigenvalue weighted by molar-refractivity contribution is 7.11. The van der Waals surface area contributed by atoms with Gasteiger partial charge in [-0.1, -0.05) is 0 Å². The molecular weight excluding hydrogens is 322 g/mol. The lowest BCUT2D eigenvalue weighted by Crippen LogP contribution is -2.41. The molecule has 1 saturated carbocycles. The average Bonchev–Trinajstić information content (AvgIpc) is 2.95. The molecule has 1 N–H and O–H groups in total. The first-order chi connectivity index (χ1) is 11.6. The maximum Gasteiger partial charge on any atom is 0.318 e. The van der Waals surface area contributed by atoms with E-state index in [1.807, 2.05) is 30.5 Å². The van der Waals surface area contributed by atoms with Gasteiger partial charge in [0.2, 0.25) is 0 Å². The van der Waals surface area contributed by atoms with E-state index in [2.05, 4.69) is 22.3 Å². The summed E-state index contributed by atoms with van der Waals surface area (Å²) in [6, 6.07) is 0.231. The lowest BCUT2D eigenvalue weighted by molar-refractivity contribution is 0.187. The third kappa shape index (κ3) is 3.05. The number of nitrogens with zero attached hydrogens (tertiary/aromatic N) is 4. The van der Waals surface area contributed by atoms with Crippen LogP contribution in [0.4, 0.5) is 4.79 Å². The number of hydrogen-bond donors (Lipinski definition) is 1. The first-order valence-electron chi connectivity index (χ1n) is 8.60. The van der Waals surface area contributed by atoms with E-state index in [0.29, 0.717) is 5.92 Å². The number of carbonyl (C=O) groups is 1. The van der Waals surface area contributed by atoms with E-state index in [9.17, 15) is 4.79 Å². The number of rotatable bonds is 4. The van der Waals surface area contributed by atoms with E-state index < -0.39 is 0 Å². The largest absolute Gasteiger partial charge is 0.328 e. The molecule has 1 saturated heterocycles. The van der Waals surface area contributed by atoms with Gasteiger partial charge in [-0.2, -0.15) is 5.10 Å². The van der Waals surface area contributed by atoms with Crippen LogP contribution < -0.4 is 5.32 Å². The summed E-state index contributed by atoms with van der Waals surface area (Å²) in [5.41, 5.74) is 1.12. The van der Waals surface area contributed by atoms with E-state index in [1.165, 1.54) is 17.7 Å². The number of likely N-dealkylation sites (tertiary alicyclic amines) is 1. The average molecular weight is 345 g/mol. The highest BCUT2D eigenvalue weighted by atomic mass is 32.1. The number of aromatic nitrogens is 3. The Morgan fingerprint density at radius 3 is 2.83 bits per heavy atom. The van der Waals surface area contributed by atoms with Crippen molar-refractivity contribution in [2.45, 2.75) is 44.7 Å². The number of carbonyl (C=O) groups excluding carboxylic acids is 1. The van der Waals surface area contributed by atoms with Gasteiger partial charge in [-0.15, -0.1) is 11.3 Å². The fourth-order valence-electron chi connectivity index (χ4n) is 3.51. The predicted molar refractivity (Wildman–Crippen MR) is 92.7 cm³/mol. The normalized spacial score (nSPS) is 21.9. The Labute approximate surface area is 145 Å². The molecule has 0 radical (unpaired) electrons. The summed E-state index contributed by atoms with van der Waals surface area (Å²) in [5, 5.41) is 8.56. The molecule has 24 heavy (non-hydrogen) atoms. The third-order valence-electron chi connectivity index (χ3n) is 4.90. The predicted octanol–water partition coefficient (Wildman–Crippen LogP) is 3.18. The molecule has 6 nitrogen and oxygen atoms in total. The second-order valence-electron chi connectivity index (χ2n) is 6.87. The van der Waals surface area contributed by atoms with Crippen LogP contribution in [-0.4, -0.2) is 32.2 Å². The Morgan fingerprint density at radius 2 is 2.21 bits per heavy atom. The third-order valence-corrected chi connectivity index (χ3v) is 5.90. The zero-order chi connectivity index (χ0) is 16.7. The van der Waals surface area contributed by atoms with Gasteiger partial charge in [0.25, 0.3) is 0 Å². The lowest BCUT2D eigenvalue weighted by atomic mass is 10.1. The Balaban J connectivity index is 1.49. The zero-order valence-corrected chi connectivity index (χ0v) is 14.9. The van der Waals surface area contributed by atoms with Crippen LogP contribution in [-0.2, 0) is 7.05 Å². The molecule has 2 aromatic heterocycles. The summed E-state index contributed by atoms with van der Waals surface area (Å²) in [7, 11) is 1.91. The molecule has 0 aromatic carbocycles. The molecule has 1 aliphatic heterocycles. The summed E-state index contributed by atoms with van der Waals surface area (Å²) in [6.07, 6.45) is 10.2. The molecule has 2 amide bonds. The van der Waals surface area contributed by atoms with Crippen LogP contribution in [0.15, 0.2) is 18.6 Å². The Hall–Kier alpha value is -1.89. The number of nitrogens with one attached hydrogen (secondary N) is 1. The van der Waals surface area contributed by atoms with Crippen LogP contribution in [0.1, 0.15) is 53.2 Å². The van der Waals surface area contributed by atoms with Crippen molar-refractivity contribution in [3.05, 3.63) is 34.0 Å². The summed E-state index contributed by atoms with van der Waals surface area (Å²) in [6.45, 7) is 2.87. The van der Waals surface area contributed by atoms with E-state index in [0.717, 1.165) is 30.0 Å². The minimum atomic E-state index is 0.0334. The SMILES string of the molecule is Cc1cnc(C(NC(=O)N2CCCC2c2cnn(C)c2)C2CC2)s1. The van der Waals surface area contributed by atoms with Crippen molar-refractivity contribution in [3.63, 3.8) is 0 Å². The van der Waals surface area contributed by atoms with Gasteiger partial charge in [0.15, 0.2) is 0 Å². The van der Waals surface area contributed by atoms with Crippen molar-refractivity contribution in [2.75, 3.05) is 6.54 Å². The molecule has 7 heteroatoms. The number of hydrogen-bond acceptors (Lipinski definition) is 4. The molecule has 2 aromatic rings. The highest BCUT2D eigenvalue weighted by Crippen LogP contribution is 2.42. The molecule has 2 unspecified atom stereocenters. The van der Waals surface area contributed by atoms with Gasteiger partial charge >= 0.3 is 6.03 Å². The molecule has 2 atom stereocenters. The van der Waals surface area contributed by atoms with Crippen molar-refractivity contribution >= 4 is 17.4 Å². The van der Waals surface area contributed by atoms with Crippen molar-refractivity contribution in [1.82, 2.24) is 25.0 Å². The van der Waals surface area contributed by atoms with Crippen molar-refractivity contribution in [3.8, 4) is 0 Å². The van der Waals surface area contributed by atoms with Crippen LogP contribution in [0.3, 0.4) is 0 Å². The highest BCUT2D eigenvalue weighted by Gasteiger charge is 2.38. The second kappa shape index (κ2) is 6.20. The summed E-state index contributed by atoms with van der Waals surface area (Å²) in [4.78, 5) is 20.6. The molecule has 2 aliphatic rings. The van der Waals surface area contributed by atoms with Crippen LogP contribution >= 0.6 is 11.3 Å². The Bertz CT molecular complexity index is 735. The minimum absolute atomic E-state index is 0.0334. The molecular formula is C17H23N5OS. The summed E-state index contributed by atoms with van der Waals surface area (Å²) in [5.74, 6) is 0.541. The van der Waals surface area contributed by atoms with Gasteiger partial charge in [-0.3, -0.25) is 4.68 Å². The minimum Gasteiger partial charge on any atom is -0.328 e. The monoisotopic (exact) mass is 345 g/mol. The van der Waals surface area contributed by atoms with E-state index in [4.69, 9.17) is 0 Å². The fraction of sp³-hybridized carbons (Fsp3) is 0.588. The fourth-order valence-corrected chi connectivity index (χ4v) is 4.43. The van der Waals surface area contributed by atoms with Crippen LogP contribution in [0, 0.1) is 12.8 Å². The zero-order valence-electron chi connectivity index (χ0n) is 14.1. The van der Waals surface area contributed by atoms with Crippen LogP contribution in [0.2, 0.25) is 0 Å². The first-order valence-corrected chi connectivity index (χ1v) is 9.41. The van der Waals surface area contributed by atoms with Gasteiger partial charge in [0.05, 0.1) is 18.3 Å². The molecule has 0 bridgehead atoms. The quantitative estimate of drug-likeness (QED) is 0.926. The van der Waals surface area contributed by atoms with E-state index >= 15 is 0 Å². The van der Waals surface area contributed by atoms with E-state index in [1.54, 1.807) is 16.0 Å². The van der Waals surface area contributed by atoms with Crippen molar-refractivity contribution in [2.24, 2.45) is 13.0 Å². The van der Waals surface area contributed by atoms with Gasteiger partial charge in [-0.25, -0.2) is 9.78 Å². The van der Waals surface area contributed by atoms with Gasteiger partial charge < -0.3 is 10.2 Å². The molecule has 4 rings (SSSR count). The van der Waals surface area contributed by atoms with Gasteiger partial charge in [0, 0.05) is 36.4 Å². The maximum absolute atomic E-state index is 12.9. The molecule has 0 spiro atoms. The van der Waals surface area contributed by atoms with Crippen molar-refractivity contribution in [1.29, 1.82) is 0 Å². The first kappa shape index (κ1) is 15.6. The van der Waals surface area contributed by atoms with Gasteiger partial charge in [0.1, 0.15) is 5.01 Å². The lowest BCUT2D eigenvalue weighted by Gasteiger charge is -2.27. The summed E-state index contributed by atoms with van der Waals surface area (Å²) < 4.78 is 1.80. The van der Waals surface area contributed by atoms with E-state index in [-0.39, 0.29) is 18.1 Å². The number of urea groups is 1. The summed E-state index contributed by atoms with van der Waals surface area (Å²) >= 11 is 1.69. The van der Waals surface area contributed by atoms with Crippen LogP contribution in [0.5, 0.6) is 0 Å². The number of amides is 2. The number of thiazole rings is 1. The molecule has 1 aliphatic carbocycles. The van der Waals surface area contributed by atoms with Crippen LogP contribution in [0.25, 0.3) is 0 Å². The maximum atomic E-state index is 12.9. The van der Waals surface area contributed by atoms with Crippen molar-refractivity contribution < 1.29 is 4.79 Å². The molecule has 3 heterocycles. The van der Waals surface area contributed by atoms with Gasteiger partial charge in [-0.05, 0) is 38.5 Å². The standard InChI is InChI=1S/C17H23N5OS/c1-11-8-18-16(24-11)15(12-5-6-12)20-17(23)22-7-3-4-14(22)13-9-19-21(2)10-13/h8-10,12,14-15H,3-7H2,1-2H3,(H,20,23). The molecule has 128 valence electrons. The Kier molecular flexibility index (Phi) is 4.04. The second-order valence-corrected chi connectivity index (χ2v) is 8.14. The topological polar surface area (TPSA) is 63.1 Å². The number of aryl methyl sites for hydroxylation is 2. The smallest absolute Gasteiger partial charge is 0.318 e. The molecule has 2 fully saturated rings.